The molecular weight excluding hydrogens is 200 g/mol. The fourth-order valence-corrected chi connectivity index (χ4v) is 0.748. The zero-order chi connectivity index (χ0) is 11.7. The van der Waals surface area contributed by atoms with Crippen LogP contribution in [-0.4, -0.2) is 38.4 Å². The maximum Gasteiger partial charge on any atom is 0.330 e. The lowest BCUT2D eigenvalue weighted by molar-refractivity contribution is -0.155. The Morgan fingerprint density at radius 1 is 1.20 bits per heavy atom. The predicted molar refractivity (Wildman–Crippen MR) is 53.1 cm³/mol. The van der Waals surface area contributed by atoms with E-state index in [1.54, 1.807) is 0 Å². The van der Waals surface area contributed by atoms with Crippen LogP contribution in [0.5, 0.6) is 0 Å². The molecule has 0 fully saturated rings. The second-order valence-electron chi connectivity index (χ2n) is 2.55. The lowest BCUT2D eigenvalue weighted by Crippen LogP contribution is -2.28. The minimum atomic E-state index is -0.635. The maximum absolute atomic E-state index is 10.9. The molecule has 1 unspecified atom stereocenters. The van der Waals surface area contributed by atoms with Crippen LogP contribution in [0, 0.1) is 0 Å². The molecule has 0 aliphatic heterocycles. The average molecular weight is 214 g/mol. The lowest BCUT2D eigenvalue weighted by atomic mass is 10.4. The molecule has 0 amide bonds. The molecule has 0 radical (unpaired) electrons. The van der Waals surface area contributed by atoms with E-state index in [1.165, 1.54) is 7.11 Å². The molecule has 5 nitrogen and oxygen atoms in total. The first-order valence-corrected chi connectivity index (χ1v) is 4.25. The zero-order valence-corrected chi connectivity index (χ0v) is 8.60. The van der Waals surface area contributed by atoms with Crippen molar-refractivity contribution in [3.63, 3.8) is 0 Å². The van der Waals surface area contributed by atoms with E-state index in [-0.39, 0.29) is 13.2 Å². The van der Waals surface area contributed by atoms with Gasteiger partial charge in [-0.3, -0.25) is 0 Å². The highest BCUT2D eigenvalue weighted by Gasteiger charge is 2.14. The monoisotopic (exact) mass is 214 g/mol. The zero-order valence-electron chi connectivity index (χ0n) is 8.60. The molecule has 0 heterocycles. The minimum absolute atomic E-state index is 0.0712. The van der Waals surface area contributed by atoms with E-state index in [9.17, 15) is 9.59 Å². The van der Waals surface area contributed by atoms with Gasteiger partial charge in [0, 0.05) is 19.3 Å². The van der Waals surface area contributed by atoms with Gasteiger partial charge in [0.1, 0.15) is 6.61 Å². The molecule has 0 saturated carbocycles. The van der Waals surface area contributed by atoms with Crippen molar-refractivity contribution in [1.82, 2.24) is 0 Å². The summed E-state index contributed by atoms with van der Waals surface area (Å²) >= 11 is 0. The Morgan fingerprint density at radius 2 is 1.80 bits per heavy atom. The van der Waals surface area contributed by atoms with Crippen LogP contribution in [0.25, 0.3) is 0 Å². The Morgan fingerprint density at radius 3 is 2.27 bits per heavy atom. The normalized spacial score (nSPS) is 11.3. The number of carbonyl (C=O) groups is 2. The van der Waals surface area contributed by atoms with Crippen molar-refractivity contribution in [3.8, 4) is 0 Å². The van der Waals surface area contributed by atoms with Gasteiger partial charge in [-0.25, -0.2) is 9.59 Å². The first-order valence-electron chi connectivity index (χ1n) is 4.25. The van der Waals surface area contributed by atoms with Crippen LogP contribution in [0.3, 0.4) is 0 Å². The number of carbonyl (C=O) groups excluding carboxylic acids is 2. The van der Waals surface area contributed by atoms with E-state index >= 15 is 0 Å². The molecule has 0 rings (SSSR count). The molecule has 84 valence electrons. The van der Waals surface area contributed by atoms with E-state index in [4.69, 9.17) is 14.2 Å². The van der Waals surface area contributed by atoms with Crippen molar-refractivity contribution in [3.05, 3.63) is 25.3 Å². The van der Waals surface area contributed by atoms with Crippen LogP contribution in [0.15, 0.2) is 25.3 Å². The van der Waals surface area contributed by atoms with Gasteiger partial charge < -0.3 is 14.2 Å². The highest BCUT2D eigenvalue weighted by Crippen LogP contribution is 1.97. The second kappa shape index (κ2) is 7.75. The van der Waals surface area contributed by atoms with Gasteiger partial charge in [0.15, 0.2) is 6.10 Å². The topological polar surface area (TPSA) is 61.8 Å². The molecule has 1 atom stereocenters. The van der Waals surface area contributed by atoms with E-state index < -0.39 is 18.0 Å². The third-order valence-corrected chi connectivity index (χ3v) is 1.38. The highest BCUT2D eigenvalue weighted by atomic mass is 16.6. The molecule has 5 heteroatoms. The quantitative estimate of drug-likeness (QED) is 0.455. The predicted octanol–water partition coefficient (Wildman–Crippen LogP) is 0.460. The molecule has 0 saturated heterocycles. The van der Waals surface area contributed by atoms with Crippen LogP contribution >= 0.6 is 0 Å². The smallest absolute Gasteiger partial charge is 0.330 e. The van der Waals surface area contributed by atoms with Gasteiger partial charge in [-0.1, -0.05) is 13.2 Å². The number of hydrogen-bond acceptors (Lipinski definition) is 5. The van der Waals surface area contributed by atoms with E-state index in [0.717, 1.165) is 12.2 Å². The van der Waals surface area contributed by atoms with Gasteiger partial charge in [0.25, 0.3) is 0 Å². The summed E-state index contributed by atoms with van der Waals surface area (Å²) < 4.78 is 14.3. The van der Waals surface area contributed by atoms with E-state index in [1.807, 2.05) is 0 Å². The van der Waals surface area contributed by atoms with Gasteiger partial charge in [-0.05, 0) is 0 Å². The maximum atomic E-state index is 10.9. The number of esters is 2. The number of rotatable bonds is 7. The minimum Gasteiger partial charge on any atom is -0.458 e. The van der Waals surface area contributed by atoms with E-state index in [2.05, 4.69) is 13.2 Å². The van der Waals surface area contributed by atoms with Crippen molar-refractivity contribution < 1.29 is 23.8 Å². The Hall–Kier alpha value is -1.62. The third kappa shape index (κ3) is 6.45. The molecule has 0 aliphatic rings. The summed E-state index contributed by atoms with van der Waals surface area (Å²) in [5, 5.41) is 0. The van der Waals surface area contributed by atoms with E-state index in [0.29, 0.717) is 0 Å². The van der Waals surface area contributed by atoms with Crippen molar-refractivity contribution in [2.75, 3.05) is 20.3 Å². The molecule has 0 aromatic rings. The fourth-order valence-electron chi connectivity index (χ4n) is 0.748. The standard InChI is InChI=1S/C10H14O5/c1-4-9(11)14-7-8(6-13-3)15-10(12)5-2/h4-5,8H,1-2,6-7H2,3H3. The number of ether oxygens (including phenoxy) is 3. The Bertz CT molecular complexity index is 246. The van der Waals surface area contributed by atoms with Gasteiger partial charge >= 0.3 is 11.9 Å². The Kier molecular flexibility index (Phi) is 6.92. The van der Waals surface area contributed by atoms with Crippen molar-refractivity contribution >= 4 is 11.9 Å². The second-order valence-corrected chi connectivity index (χ2v) is 2.55. The largest absolute Gasteiger partial charge is 0.458 e. The highest BCUT2D eigenvalue weighted by molar-refractivity contribution is 5.82. The van der Waals surface area contributed by atoms with Gasteiger partial charge in [-0.15, -0.1) is 0 Å². The van der Waals surface area contributed by atoms with Crippen LogP contribution < -0.4 is 0 Å². The summed E-state index contributed by atoms with van der Waals surface area (Å²) in [6.07, 6.45) is 1.42. The summed E-state index contributed by atoms with van der Waals surface area (Å²) in [6.45, 7) is 6.55. The van der Waals surface area contributed by atoms with Crippen LogP contribution in [0.1, 0.15) is 0 Å². The fraction of sp³-hybridized carbons (Fsp3) is 0.400. The van der Waals surface area contributed by atoms with Gasteiger partial charge in [0.2, 0.25) is 0 Å². The summed E-state index contributed by atoms with van der Waals surface area (Å²) in [5.41, 5.74) is 0. The Balaban J connectivity index is 4.02. The van der Waals surface area contributed by atoms with Crippen molar-refractivity contribution in [2.45, 2.75) is 6.10 Å². The Labute approximate surface area is 88.3 Å². The van der Waals surface area contributed by atoms with Crippen molar-refractivity contribution in [2.24, 2.45) is 0 Å². The van der Waals surface area contributed by atoms with Gasteiger partial charge in [-0.2, -0.15) is 0 Å². The SMILES string of the molecule is C=CC(=O)OCC(COC)OC(=O)C=C. The molecule has 0 N–H and O–H groups in total. The summed E-state index contributed by atoms with van der Waals surface area (Å²) in [5.74, 6) is -1.17. The first-order chi connectivity index (χ1) is 7.13. The molecule has 15 heavy (non-hydrogen) atoms. The molecule has 0 aliphatic carbocycles. The first kappa shape index (κ1) is 13.4. The summed E-state index contributed by atoms with van der Waals surface area (Å²) in [6, 6.07) is 0. The molecule has 0 bridgehead atoms. The van der Waals surface area contributed by atoms with Gasteiger partial charge in [0.05, 0.1) is 6.61 Å². The van der Waals surface area contributed by atoms with Crippen LogP contribution in [-0.2, 0) is 23.8 Å². The number of methoxy groups -OCH3 is 1. The summed E-state index contributed by atoms with van der Waals surface area (Å²) in [7, 11) is 1.45. The average Bonchev–Trinajstić information content (AvgIpc) is 2.25. The molecule has 0 aromatic carbocycles. The molecule has 0 aromatic heterocycles. The summed E-state index contributed by atoms with van der Waals surface area (Å²) in [4.78, 5) is 21.6. The molecular formula is C10H14O5. The van der Waals surface area contributed by atoms with Crippen molar-refractivity contribution in [1.29, 1.82) is 0 Å². The van der Waals surface area contributed by atoms with Crippen LogP contribution in [0.4, 0.5) is 0 Å². The molecule has 0 spiro atoms. The number of hydrogen-bond donors (Lipinski definition) is 0. The van der Waals surface area contributed by atoms with Crippen LogP contribution in [0.2, 0.25) is 0 Å². The lowest BCUT2D eigenvalue weighted by Gasteiger charge is -2.15. The third-order valence-electron chi connectivity index (χ3n) is 1.38.